The fraction of sp³-hybridized carbons (Fsp3) is 0.500. The van der Waals surface area contributed by atoms with E-state index < -0.39 is 15.6 Å². The molecule has 0 aliphatic rings. The Morgan fingerprint density at radius 3 is 2.71 bits per heavy atom. The SMILES string of the molecule is CCC(C)CNS(=O)(=O)c1c[nH]c(=O)c(Cl)c1. The summed E-state index contributed by atoms with van der Waals surface area (Å²) in [6.07, 6.45) is 2.02. The molecule has 0 saturated carbocycles. The number of rotatable bonds is 5. The van der Waals surface area contributed by atoms with Gasteiger partial charge in [-0.2, -0.15) is 0 Å². The first-order valence-corrected chi connectivity index (χ1v) is 7.11. The van der Waals surface area contributed by atoms with Crippen molar-refractivity contribution in [2.24, 2.45) is 5.92 Å². The Morgan fingerprint density at radius 1 is 1.53 bits per heavy atom. The molecule has 0 amide bonds. The minimum absolute atomic E-state index is 0.0367. The summed E-state index contributed by atoms with van der Waals surface area (Å²) in [6.45, 7) is 4.29. The van der Waals surface area contributed by atoms with E-state index in [0.717, 1.165) is 18.7 Å². The van der Waals surface area contributed by atoms with E-state index in [1.54, 1.807) is 0 Å². The number of sulfonamides is 1. The van der Waals surface area contributed by atoms with Crippen molar-refractivity contribution in [2.45, 2.75) is 25.2 Å². The van der Waals surface area contributed by atoms with E-state index in [0.29, 0.717) is 6.54 Å². The van der Waals surface area contributed by atoms with Crippen molar-refractivity contribution in [3.05, 3.63) is 27.6 Å². The lowest BCUT2D eigenvalue weighted by molar-refractivity contribution is 0.528. The standard InChI is InChI=1S/C10H15ClN2O3S/c1-3-7(2)5-13-17(15,16)8-4-9(11)10(14)12-6-8/h4,6-7,13H,3,5H2,1-2H3,(H,12,14). The highest BCUT2D eigenvalue weighted by molar-refractivity contribution is 7.89. The molecular weight excluding hydrogens is 264 g/mol. The minimum atomic E-state index is -3.61. The molecule has 2 N–H and O–H groups in total. The van der Waals surface area contributed by atoms with Crippen molar-refractivity contribution in [2.75, 3.05) is 6.54 Å². The van der Waals surface area contributed by atoms with Crippen LogP contribution in [-0.4, -0.2) is 19.9 Å². The zero-order chi connectivity index (χ0) is 13.1. The van der Waals surface area contributed by atoms with Gasteiger partial charge in [0, 0.05) is 12.7 Å². The van der Waals surface area contributed by atoms with E-state index in [9.17, 15) is 13.2 Å². The topological polar surface area (TPSA) is 79.0 Å². The lowest BCUT2D eigenvalue weighted by Gasteiger charge is -2.10. The van der Waals surface area contributed by atoms with Gasteiger partial charge in [0.05, 0.1) is 4.90 Å². The van der Waals surface area contributed by atoms with Gasteiger partial charge in [-0.1, -0.05) is 31.9 Å². The molecule has 1 aromatic rings. The molecule has 1 unspecified atom stereocenters. The Hall–Kier alpha value is -0.850. The van der Waals surface area contributed by atoms with Crippen LogP contribution in [0.3, 0.4) is 0 Å². The van der Waals surface area contributed by atoms with Crippen molar-refractivity contribution in [3.8, 4) is 0 Å². The monoisotopic (exact) mass is 278 g/mol. The van der Waals surface area contributed by atoms with Crippen molar-refractivity contribution < 1.29 is 8.42 Å². The normalized spacial score (nSPS) is 13.6. The Balaban J connectivity index is 2.90. The van der Waals surface area contributed by atoms with Crippen LogP contribution in [0.4, 0.5) is 0 Å². The molecule has 0 aliphatic heterocycles. The average molecular weight is 279 g/mol. The molecule has 96 valence electrons. The molecule has 0 aliphatic carbocycles. The third kappa shape index (κ3) is 3.83. The third-order valence-corrected chi connectivity index (χ3v) is 4.14. The molecule has 0 saturated heterocycles. The highest BCUT2D eigenvalue weighted by Crippen LogP contribution is 2.11. The first-order chi connectivity index (χ1) is 7.86. The summed E-state index contributed by atoms with van der Waals surface area (Å²) >= 11 is 5.57. The molecular formula is C10H15ClN2O3S. The molecule has 17 heavy (non-hydrogen) atoms. The Kier molecular flexibility index (Phi) is 4.73. The summed E-state index contributed by atoms with van der Waals surface area (Å²) in [5.74, 6) is 0.253. The fourth-order valence-electron chi connectivity index (χ4n) is 1.07. The van der Waals surface area contributed by atoms with Gasteiger partial charge < -0.3 is 4.98 Å². The number of hydrogen-bond donors (Lipinski definition) is 2. The van der Waals surface area contributed by atoms with Crippen LogP contribution < -0.4 is 10.3 Å². The summed E-state index contributed by atoms with van der Waals surface area (Å²) in [6, 6.07) is 1.14. The molecule has 5 nitrogen and oxygen atoms in total. The van der Waals surface area contributed by atoms with E-state index >= 15 is 0 Å². The number of halogens is 1. The molecule has 0 aromatic carbocycles. The molecule has 0 fully saturated rings. The lowest BCUT2D eigenvalue weighted by atomic mass is 10.1. The van der Waals surface area contributed by atoms with Crippen LogP contribution in [0.2, 0.25) is 5.02 Å². The maximum atomic E-state index is 11.8. The lowest BCUT2D eigenvalue weighted by Crippen LogP contribution is -2.28. The largest absolute Gasteiger partial charge is 0.326 e. The molecule has 0 radical (unpaired) electrons. The maximum Gasteiger partial charge on any atom is 0.266 e. The van der Waals surface area contributed by atoms with Crippen molar-refractivity contribution in [1.29, 1.82) is 0 Å². The number of nitrogens with one attached hydrogen (secondary N) is 2. The Bertz CT molecular complexity index is 539. The van der Waals surface area contributed by atoms with Crippen LogP contribution in [0.1, 0.15) is 20.3 Å². The van der Waals surface area contributed by atoms with E-state index in [2.05, 4.69) is 9.71 Å². The van der Waals surface area contributed by atoms with Crippen LogP contribution >= 0.6 is 11.6 Å². The summed E-state index contributed by atoms with van der Waals surface area (Å²) in [7, 11) is -3.61. The van der Waals surface area contributed by atoms with Gasteiger partial charge in [0.15, 0.2) is 0 Å². The zero-order valence-electron chi connectivity index (χ0n) is 9.66. The first kappa shape index (κ1) is 14.2. The Labute approximate surface area is 105 Å². The zero-order valence-corrected chi connectivity index (χ0v) is 11.2. The minimum Gasteiger partial charge on any atom is -0.326 e. The number of aromatic nitrogens is 1. The molecule has 7 heteroatoms. The van der Waals surface area contributed by atoms with E-state index in [4.69, 9.17) is 11.6 Å². The molecule has 0 bridgehead atoms. The van der Waals surface area contributed by atoms with E-state index in [1.165, 1.54) is 0 Å². The van der Waals surface area contributed by atoms with Crippen molar-refractivity contribution >= 4 is 21.6 Å². The van der Waals surface area contributed by atoms with Crippen LogP contribution in [0.25, 0.3) is 0 Å². The fourth-order valence-corrected chi connectivity index (χ4v) is 2.47. The summed E-state index contributed by atoms with van der Waals surface area (Å²) in [5.41, 5.74) is -0.507. The second-order valence-electron chi connectivity index (χ2n) is 3.88. The molecule has 1 atom stereocenters. The first-order valence-electron chi connectivity index (χ1n) is 5.24. The Morgan fingerprint density at radius 2 is 2.18 bits per heavy atom. The average Bonchev–Trinajstić information content (AvgIpc) is 2.29. The number of pyridine rings is 1. The maximum absolute atomic E-state index is 11.8. The van der Waals surface area contributed by atoms with Gasteiger partial charge in [-0.15, -0.1) is 0 Å². The molecule has 0 spiro atoms. The van der Waals surface area contributed by atoms with Crippen LogP contribution in [-0.2, 0) is 10.0 Å². The third-order valence-electron chi connectivity index (χ3n) is 2.46. The summed E-state index contributed by atoms with van der Waals surface area (Å²) < 4.78 is 26.1. The van der Waals surface area contributed by atoms with Gasteiger partial charge in [-0.05, 0) is 12.0 Å². The second-order valence-corrected chi connectivity index (χ2v) is 6.05. The van der Waals surface area contributed by atoms with Gasteiger partial charge in [0.2, 0.25) is 10.0 Å². The highest BCUT2D eigenvalue weighted by Gasteiger charge is 2.16. The van der Waals surface area contributed by atoms with Crippen LogP contribution in [0, 0.1) is 5.92 Å². The van der Waals surface area contributed by atoms with Crippen molar-refractivity contribution in [3.63, 3.8) is 0 Å². The highest BCUT2D eigenvalue weighted by atomic mass is 35.5. The second kappa shape index (κ2) is 5.66. The van der Waals surface area contributed by atoms with Crippen LogP contribution in [0.5, 0.6) is 0 Å². The molecule has 1 heterocycles. The van der Waals surface area contributed by atoms with E-state index in [1.807, 2.05) is 13.8 Å². The number of aromatic amines is 1. The van der Waals surface area contributed by atoms with Gasteiger partial charge in [0.25, 0.3) is 5.56 Å². The quantitative estimate of drug-likeness (QED) is 0.853. The summed E-state index contributed by atoms with van der Waals surface area (Å²) in [5, 5.41) is -0.142. The van der Waals surface area contributed by atoms with Gasteiger partial charge >= 0.3 is 0 Å². The smallest absolute Gasteiger partial charge is 0.266 e. The molecule has 1 aromatic heterocycles. The van der Waals surface area contributed by atoms with Gasteiger partial charge in [-0.3, -0.25) is 4.79 Å². The number of H-pyrrole nitrogens is 1. The van der Waals surface area contributed by atoms with Gasteiger partial charge in [-0.25, -0.2) is 13.1 Å². The van der Waals surface area contributed by atoms with Crippen LogP contribution in [0.15, 0.2) is 22.0 Å². The van der Waals surface area contributed by atoms with Crippen molar-refractivity contribution in [1.82, 2.24) is 9.71 Å². The predicted molar refractivity (Wildman–Crippen MR) is 66.7 cm³/mol. The van der Waals surface area contributed by atoms with E-state index in [-0.39, 0.29) is 15.8 Å². The predicted octanol–water partition coefficient (Wildman–Crippen LogP) is 1.35. The molecule has 1 rings (SSSR count). The van der Waals surface area contributed by atoms with Gasteiger partial charge in [0.1, 0.15) is 5.02 Å². The summed E-state index contributed by atoms with van der Waals surface area (Å²) in [4.78, 5) is 13.2. The number of hydrogen-bond acceptors (Lipinski definition) is 3.